The molecule has 0 radical (unpaired) electrons. The number of halogens is 1. The lowest BCUT2D eigenvalue weighted by molar-refractivity contribution is 0.354. The summed E-state index contributed by atoms with van der Waals surface area (Å²) in [6.07, 6.45) is 2.77. The van der Waals surface area contributed by atoms with Crippen LogP contribution in [0.5, 0.6) is 0 Å². The predicted octanol–water partition coefficient (Wildman–Crippen LogP) is 2.16. The van der Waals surface area contributed by atoms with Crippen LogP contribution in [0.25, 0.3) is 0 Å². The summed E-state index contributed by atoms with van der Waals surface area (Å²) in [5.41, 5.74) is 1.11. The maximum atomic E-state index is 6.23. The van der Waals surface area contributed by atoms with Crippen LogP contribution in [0.1, 0.15) is 32.0 Å². The van der Waals surface area contributed by atoms with Crippen molar-refractivity contribution in [3.05, 3.63) is 16.9 Å². The summed E-state index contributed by atoms with van der Waals surface area (Å²) in [5.74, 6) is 0. The molecule has 0 bridgehead atoms. The van der Waals surface area contributed by atoms with Crippen molar-refractivity contribution in [1.29, 1.82) is 0 Å². The lowest BCUT2D eigenvalue weighted by atomic mass is 10.1. The number of nitrogens with zero attached hydrogens (tertiary/aromatic N) is 3. The normalized spacial score (nSPS) is 13.3. The number of hydrogen-bond acceptors (Lipinski definition) is 3. The molecule has 0 spiro atoms. The van der Waals surface area contributed by atoms with E-state index in [2.05, 4.69) is 43.3 Å². The van der Waals surface area contributed by atoms with Gasteiger partial charge < -0.3 is 10.2 Å². The van der Waals surface area contributed by atoms with Crippen molar-refractivity contribution < 1.29 is 0 Å². The molecule has 1 unspecified atom stereocenters. The van der Waals surface area contributed by atoms with Gasteiger partial charge in [0.05, 0.1) is 23.0 Å². The minimum absolute atomic E-state index is 0.275. The summed E-state index contributed by atoms with van der Waals surface area (Å²) in [4.78, 5) is 2.19. The van der Waals surface area contributed by atoms with Crippen molar-refractivity contribution in [3.63, 3.8) is 0 Å². The zero-order valence-electron chi connectivity index (χ0n) is 11.2. The molecule has 1 rings (SSSR count). The van der Waals surface area contributed by atoms with E-state index < -0.39 is 0 Å². The van der Waals surface area contributed by atoms with Crippen LogP contribution in [0.15, 0.2) is 6.20 Å². The Kier molecular flexibility index (Phi) is 5.95. The average Bonchev–Trinajstić information content (AvgIpc) is 2.65. The second-order valence-corrected chi connectivity index (χ2v) is 4.80. The molecular weight excluding hydrogens is 236 g/mol. The Bertz CT molecular complexity index is 335. The molecule has 98 valence electrons. The fraction of sp³-hybridized carbons (Fsp3) is 0.750. The molecule has 0 aliphatic heterocycles. The van der Waals surface area contributed by atoms with E-state index in [0.717, 1.165) is 36.8 Å². The smallest absolute Gasteiger partial charge is 0.0834 e. The lowest BCUT2D eigenvalue weighted by Crippen LogP contribution is -2.27. The Morgan fingerprint density at radius 1 is 1.47 bits per heavy atom. The SMILES string of the molecule is CCNC(CCN(C)C)c1c(Cl)cnn1CC. The molecule has 0 saturated carbocycles. The van der Waals surface area contributed by atoms with E-state index >= 15 is 0 Å². The van der Waals surface area contributed by atoms with Crippen molar-refractivity contribution in [3.8, 4) is 0 Å². The third kappa shape index (κ3) is 3.98. The Hall–Kier alpha value is -0.580. The summed E-state index contributed by atoms with van der Waals surface area (Å²) < 4.78 is 1.98. The van der Waals surface area contributed by atoms with Gasteiger partial charge in [-0.1, -0.05) is 18.5 Å². The summed E-state index contributed by atoms with van der Waals surface area (Å²) in [6.45, 7) is 7.02. The fourth-order valence-electron chi connectivity index (χ4n) is 1.94. The van der Waals surface area contributed by atoms with E-state index in [0.29, 0.717) is 0 Å². The molecule has 0 amide bonds. The molecule has 5 heteroatoms. The Morgan fingerprint density at radius 3 is 2.71 bits per heavy atom. The first-order chi connectivity index (χ1) is 8.10. The first kappa shape index (κ1) is 14.5. The molecule has 0 aromatic carbocycles. The summed E-state index contributed by atoms with van der Waals surface area (Å²) in [6, 6.07) is 0.275. The molecule has 0 fully saturated rings. The quantitative estimate of drug-likeness (QED) is 0.814. The predicted molar refractivity (Wildman–Crippen MR) is 72.5 cm³/mol. The van der Waals surface area contributed by atoms with Crippen LogP contribution in [-0.2, 0) is 6.54 Å². The van der Waals surface area contributed by atoms with Crippen LogP contribution in [0.4, 0.5) is 0 Å². The van der Waals surface area contributed by atoms with Crippen molar-refractivity contribution in [2.24, 2.45) is 0 Å². The average molecular weight is 259 g/mol. The van der Waals surface area contributed by atoms with Crippen molar-refractivity contribution in [1.82, 2.24) is 20.0 Å². The molecule has 0 aliphatic rings. The third-order valence-corrected chi connectivity index (χ3v) is 3.07. The van der Waals surface area contributed by atoms with Crippen LogP contribution >= 0.6 is 11.6 Å². The molecule has 1 aromatic rings. The topological polar surface area (TPSA) is 33.1 Å². The number of rotatable bonds is 7. The van der Waals surface area contributed by atoms with Gasteiger partial charge in [0.1, 0.15) is 0 Å². The molecule has 1 aromatic heterocycles. The molecule has 17 heavy (non-hydrogen) atoms. The number of aromatic nitrogens is 2. The van der Waals surface area contributed by atoms with Crippen LogP contribution in [0, 0.1) is 0 Å². The van der Waals surface area contributed by atoms with Crippen molar-refractivity contribution in [2.75, 3.05) is 27.2 Å². The van der Waals surface area contributed by atoms with E-state index in [9.17, 15) is 0 Å². The zero-order valence-corrected chi connectivity index (χ0v) is 12.0. The standard InChI is InChI=1S/C12H23ClN4/c1-5-14-11(7-8-16(3)4)12-10(13)9-15-17(12)6-2/h9,11,14H,5-8H2,1-4H3. The van der Waals surface area contributed by atoms with Gasteiger partial charge >= 0.3 is 0 Å². The van der Waals surface area contributed by atoms with Gasteiger partial charge in [-0.25, -0.2) is 0 Å². The van der Waals surface area contributed by atoms with Crippen LogP contribution < -0.4 is 5.32 Å². The largest absolute Gasteiger partial charge is 0.309 e. The summed E-state index contributed by atoms with van der Waals surface area (Å²) >= 11 is 6.23. The Balaban J connectivity index is 2.84. The van der Waals surface area contributed by atoms with Gasteiger partial charge in [-0.2, -0.15) is 5.10 Å². The van der Waals surface area contributed by atoms with Gasteiger partial charge in [-0.3, -0.25) is 4.68 Å². The van der Waals surface area contributed by atoms with E-state index in [1.807, 2.05) is 4.68 Å². The van der Waals surface area contributed by atoms with Crippen LogP contribution in [0.3, 0.4) is 0 Å². The van der Waals surface area contributed by atoms with Gasteiger partial charge in [0, 0.05) is 6.54 Å². The van der Waals surface area contributed by atoms with Crippen molar-refractivity contribution >= 4 is 11.6 Å². The lowest BCUT2D eigenvalue weighted by Gasteiger charge is -2.21. The maximum Gasteiger partial charge on any atom is 0.0834 e. The van der Waals surface area contributed by atoms with E-state index in [1.54, 1.807) is 6.20 Å². The first-order valence-corrected chi connectivity index (χ1v) is 6.57. The molecular formula is C12H23ClN4. The maximum absolute atomic E-state index is 6.23. The first-order valence-electron chi connectivity index (χ1n) is 6.19. The van der Waals surface area contributed by atoms with Gasteiger partial charge in [0.2, 0.25) is 0 Å². The third-order valence-electron chi connectivity index (χ3n) is 2.78. The molecule has 0 aliphatic carbocycles. The Labute approximate surface area is 109 Å². The van der Waals surface area contributed by atoms with Crippen LogP contribution in [-0.4, -0.2) is 41.9 Å². The fourth-order valence-corrected chi connectivity index (χ4v) is 2.21. The highest BCUT2D eigenvalue weighted by Gasteiger charge is 2.18. The number of hydrogen-bond donors (Lipinski definition) is 1. The van der Waals surface area contributed by atoms with Crippen molar-refractivity contribution in [2.45, 2.75) is 32.9 Å². The second-order valence-electron chi connectivity index (χ2n) is 4.40. The monoisotopic (exact) mass is 258 g/mol. The summed E-state index contributed by atoms with van der Waals surface area (Å²) in [5, 5.41) is 8.54. The number of aryl methyl sites for hydroxylation is 1. The highest BCUT2D eigenvalue weighted by Crippen LogP contribution is 2.25. The second kappa shape index (κ2) is 6.99. The Morgan fingerprint density at radius 2 is 2.18 bits per heavy atom. The van der Waals surface area contributed by atoms with E-state index in [1.165, 1.54) is 0 Å². The summed E-state index contributed by atoms with van der Waals surface area (Å²) in [7, 11) is 4.17. The molecule has 1 N–H and O–H groups in total. The van der Waals surface area contributed by atoms with Gasteiger partial charge in [-0.05, 0) is 40.5 Å². The van der Waals surface area contributed by atoms with Gasteiger partial charge in [-0.15, -0.1) is 0 Å². The highest BCUT2D eigenvalue weighted by atomic mass is 35.5. The minimum Gasteiger partial charge on any atom is -0.309 e. The molecule has 1 heterocycles. The van der Waals surface area contributed by atoms with E-state index in [-0.39, 0.29) is 6.04 Å². The zero-order chi connectivity index (χ0) is 12.8. The minimum atomic E-state index is 0.275. The highest BCUT2D eigenvalue weighted by molar-refractivity contribution is 6.31. The van der Waals surface area contributed by atoms with Gasteiger partial charge in [0.25, 0.3) is 0 Å². The molecule has 1 atom stereocenters. The van der Waals surface area contributed by atoms with Crippen LogP contribution in [0.2, 0.25) is 5.02 Å². The molecule has 0 saturated heterocycles. The van der Waals surface area contributed by atoms with E-state index in [4.69, 9.17) is 11.6 Å². The molecule has 4 nitrogen and oxygen atoms in total. The van der Waals surface area contributed by atoms with Gasteiger partial charge in [0.15, 0.2) is 0 Å². The number of nitrogens with one attached hydrogen (secondary N) is 1.